The van der Waals surface area contributed by atoms with Gasteiger partial charge in [0.05, 0.1) is 0 Å². The van der Waals surface area contributed by atoms with Crippen molar-refractivity contribution in [1.29, 1.82) is 0 Å². The van der Waals surface area contributed by atoms with Crippen molar-refractivity contribution in [3.05, 3.63) is 36.6 Å². The van der Waals surface area contributed by atoms with Gasteiger partial charge >= 0.3 is 0 Å². The van der Waals surface area contributed by atoms with Crippen molar-refractivity contribution in [2.75, 3.05) is 0 Å². The Bertz CT molecular complexity index is 331. The van der Waals surface area contributed by atoms with Crippen LogP contribution < -0.4 is 0 Å². The van der Waals surface area contributed by atoms with E-state index in [4.69, 9.17) is 4.42 Å². The molecular formula is C9H8NO. The van der Waals surface area contributed by atoms with Crippen molar-refractivity contribution in [3.8, 4) is 0 Å². The highest BCUT2D eigenvalue weighted by Gasteiger charge is 2.00. The van der Waals surface area contributed by atoms with E-state index in [-0.39, 0.29) is 0 Å². The first-order chi connectivity index (χ1) is 5.40. The predicted molar refractivity (Wildman–Crippen MR) is 43.1 cm³/mol. The first-order valence-corrected chi connectivity index (χ1v) is 3.55. The lowest BCUT2D eigenvalue weighted by molar-refractivity contribution is 0.568. The number of aromatic nitrogens is 1. The van der Waals surface area contributed by atoms with Crippen LogP contribution in [-0.4, -0.2) is 4.98 Å². The molecule has 1 radical (unpaired) electrons. The minimum absolute atomic E-state index is 0.686. The maximum absolute atomic E-state index is 5.35. The molecule has 0 saturated carbocycles. The lowest BCUT2D eigenvalue weighted by Gasteiger charge is -1.80. The molecule has 1 aromatic carbocycles. The van der Waals surface area contributed by atoms with Crippen molar-refractivity contribution in [3.63, 3.8) is 0 Å². The minimum atomic E-state index is 0.686. The Hall–Kier alpha value is -1.31. The van der Waals surface area contributed by atoms with E-state index in [9.17, 15) is 0 Å². The number of benzene rings is 1. The van der Waals surface area contributed by atoms with E-state index >= 15 is 0 Å². The first-order valence-electron chi connectivity index (χ1n) is 3.55. The highest BCUT2D eigenvalue weighted by molar-refractivity contribution is 5.72. The van der Waals surface area contributed by atoms with Gasteiger partial charge in [-0.3, -0.25) is 0 Å². The SMILES string of the molecule is C[CH]c1nc2ccccc2o1. The number of hydrogen-bond donors (Lipinski definition) is 0. The van der Waals surface area contributed by atoms with Gasteiger partial charge < -0.3 is 4.42 Å². The maximum Gasteiger partial charge on any atom is 0.199 e. The molecule has 2 rings (SSSR count). The van der Waals surface area contributed by atoms with Crippen LogP contribution in [0.25, 0.3) is 11.1 Å². The molecule has 0 aliphatic carbocycles. The summed E-state index contributed by atoms with van der Waals surface area (Å²) in [6, 6.07) is 7.73. The third-order valence-electron chi connectivity index (χ3n) is 1.56. The molecule has 0 spiro atoms. The smallest absolute Gasteiger partial charge is 0.199 e. The van der Waals surface area contributed by atoms with E-state index in [1.54, 1.807) is 0 Å². The molecule has 55 valence electrons. The van der Waals surface area contributed by atoms with Crippen molar-refractivity contribution in [1.82, 2.24) is 4.98 Å². The molecule has 2 aromatic rings. The number of nitrogens with zero attached hydrogens (tertiary/aromatic N) is 1. The summed E-state index contributed by atoms with van der Waals surface area (Å²) in [5.41, 5.74) is 1.77. The Balaban J connectivity index is 2.69. The summed E-state index contributed by atoms with van der Waals surface area (Å²) in [5.74, 6) is 0.686. The average molecular weight is 146 g/mol. The summed E-state index contributed by atoms with van der Waals surface area (Å²) in [4.78, 5) is 4.21. The molecule has 0 bridgehead atoms. The molecule has 1 aromatic heterocycles. The van der Waals surface area contributed by atoms with Crippen LogP contribution in [-0.2, 0) is 0 Å². The first kappa shape index (κ1) is 6.40. The summed E-state index contributed by atoms with van der Waals surface area (Å²) in [6.07, 6.45) is 1.85. The molecule has 0 unspecified atom stereocenters. The van der Waals surface area contributed by atoms with Gasteiger partial charge in [-0.2, -0.15) is 0 Å². The van der Waals surface area contributed by atoms with Crippen LogP contribution >= 0.6 is 0 Å². The van der Waals surface area contributed by atoms with Crippen LogP contribution in [0.15, 0.2) is 28.7 Å². The van der Waals surface area contributed by atoms with Crippen molar-refractivity contribution < 1.29 is 4.42 Å². The van der Waals surface area contributed by atoms with Crippen LogP contribution in [0.1, 0.15) is 12.8 Å². The third-order valence-corrected chi connectivity index (χ3v) is 1.56. The fraction of sp³-hybridized carbons (Fsp3) is 0.111. The molecule has 0 amide bonds. The van der Waals surface area contributed by atoms with Crippen LogP contribution in [0.4, 0.5) is 0 Å². The second kappa shape index (κ2) is 2.38. The second-order valence-electron chi connectivity index (χ2n) is 2.31. The molecular weight excluding hydrogens is 138 g/mol. The topological polar surface area (TPSA) is 26.0 Å². The van der Waals surface area contributed by atoms with E-state index in [0.29, 0.717) is 5.89 Å². The molecule has 0 N–H and O–H groups in total. The highest BCUT2D eigenvalue weighted by atomic mass is 16.3. The average Bonchev–Trinajstić information content (AvgIpc) is 2.46. The lowest BCUT2D eigenvalue weighted by Crippen LogP contribution is -1.71. The molecule has 0 aliphatic rings. The van der Waals surface area contributed by atoms with Crippen LogP contribution in [0, 0.1) is 6.42 Å². The molecule has 11 heavy (non-hydrogen) atoms. The molecule has 1 heterocycles. The van der Waals surface area contributed by atoms with Gasteiger partial charge in [0, 0.05) is 6.42 Å². The molecule has 2 nitrogen and oxygen atoms in total. The zero-order valence-electron chi connectivity index (χ0n) is 6.24. The quantitative estimate of drug-likeness (QED) is 0.617. The molecule has 0 fully saturated rings. The predicted octanol–water partition coefficient (Wildman–Crippen LogP) is 2.40. The van der Waals surface area contributed by atoms with Crippen molar-refractivity contribution >= 4 is 11.1 Å². The third kappa shape index (κ3) is 1.00. The highest BCUT2D eigenvalue weighted by Crippen LogP contribution is 2.14. The lowest BCUT2D eigenvalue weighted by atomic mass is 10.3. The van der Waals surface area contributed by atoms with E-state index < -0.39 is 0 Å². The monoisotopic (exact) mass is 146 g/mol. The summed E-state index contributed by atoms with van der Waals surface area (Å²) in [6.45, 7) is 1.91. The van der Waals surface area contributed by atoms with E-state index in [2.05, 4.69) is 4.98 Å². The van der Waals surface area contributed by atoms with Gasteiger partial charge in [-0.05, 0) is 12.1 Å². The largest absolute Gasteiger partial charge is 0.440 e. The van der Waals surface area contributed by atoms with Gasteiger partial charge in [0.25, 0.3) is 0 Å². The number of rotatable bonds is 1. The summed E-state index contributed by atoms with van der Waals surface area (Å²) >= 11 is 0. The summed E-state index contributed by atoms with van der Waals surface area (Å²) in [7, 11) is 0. The number of oxazole rings is 1. The standard InChI is InChI=1S/C9H8NO/c1-2-9-10-7-5-3-4-6-8(7)11-9/h2-6H,1H3. The summed E-state index contributed by atoms with van der Waals surface area (Å²) in [5, 5.41) is 0. The fourth-order valence-corrected chi connectivity index (χ4v) is 1.01. The second-order valence-corrected chi connectivity index (χ2v) is 2.31. The van der Waals surface area contributed by atoms with Crippen molar-refractivity contribution in [2.45, 2.75) is 6.92 Å². The van der Waals surface area contributed by atoms with Crippen LogP contribution in [0.3, 0.4) is 0 Å². The Kier molecular flexibility index (Phi) is 1.39. The normalized spacial score (nSPS) is 10.6. The van der Waals surface area contributed by atoms with E-state index in [0.717, 1.165) is 11.1 Å². The van der Waals surface area contributed by atoms with Gasteiger partial charge in [0.15, 0.2) is 11.5 Å². The number of para-hydroxylation sites is 2. The zero-order chi connectivity index (χ0) is 7.68. The molecule has 0 aliphatic heterocycles. The van der Waals surface area contributed by atoms with Crippen LogP contribution in [0.2, 0.25) is 0 Å². The van der Waals surface area contributed by atoms with Gasteiger partial charge in [-0.25, -0.2) is 4.98 Å². The Morgan fingerprint density at radius 3 is 2.91 bits per heavy atom. The maximum atomic E-state index is 5.35. The Labute approximate surface area is 64.9 Å². The molecule has 0 saturated heterocycles. The van der Waals surface area contributed by atoms with Gasteiger partial charge in [0.1, 0.15) is 5.52 Å². The number of fused-ring (bicyclic) bond motifs is 1. The van der Waals surface area contributed by atoms with Gasteiger partial charge in [-0.1, -0.05) is 19.1 Å². The minimum Gasteiger partial charge on any atom is -0.440 e. The summed E-state index contributed by atoms with van der Waals surface area (Å²) < 4.78 is 5.35. The van der Waals surface area contributed by atoms with Gasteiger partial charge in [-0.15, -0.1) is 0 Å². The van der Waals surface area contributed by atoms with E-state index in [1.165, 1.54) is 0 Å². The van der Waals surface area contributed by atoms with Crippen molar-refractivity contribution in [2.24, 2.45) is 0 Å². The van der Waals surface area contributed by atoms with Crippen LogP contribution in [0.5, 0.6) is 0 Å². The fourth-order valence-electron chi connectivity index (χ4n) is 1.01. The Morgan fingerprint density at radius 2 is 2.18 bits per heavy atom. The van der Waals surface area contributed by atoms with E-state index in [1.807, 2.05) is 37.6 Å². The molecule has 0 atom stereocenters. The zero-order valence-corrected chi connectivity index (χ0v) is 6.24. The Morgan fingerprint density at radius 1 is 1.36 bits per heavy atom. The number of hydrogen-bond acceptors (Lipinski definition) is 2. The molecule has 2 heteroatoms. The van der Waals surface area contributed by atoms with Gasteiger partial charge in [0.2, 0.25) is 0 Å².